The van der Waals surface area contributed by atoms with Gasteiger partial charge in [-0.25, -0.2) is 0 Å². The third-order valence-electron chi connectivity index (χ3n) is 1.80. The van der Waals surface area contributed by atoms with Crippen LogP contribution >= 0.6 is 0 Å². The van der Waals surface area contributed by atoms with Crippen molar-refractivity contribution in [3.8, 4) is 5.75 Å². The number of carbonyl (C=O) groups is 1. The van der Waals surface area contributed by atoms with Gasteiger partial charge in [-0.15, -0.1) is 0 Å². The van der Waals surface area contributed by atoms with Crippen LogP contribution in [0.25, 0.3) is 10.9 Å². The third kappa shape index (κ3) is 8.21. The first-order chi connectivity index (χ1) is 7.49. The summed E-state index contributed by atoms with van der Waals surface area (Å²) in [7, 11) is 0. The number of aromatic hydroxyl groups is 1. The molecule has 0 spiro atoms. The number of hydrogen-bond acceptors (Lipinski definition) is 5. The maximum Gasteiger partial charge on any atom is 1.00 e. The Hall–Kier alpha value is 0.973. The van der Waals surface area contributed by atoms with Crippen LogP contribution in [-0.2, 0) is 0 Å². The molecule has 1 aromatic carbocycles. The maximum atomic E-state index is 9.19. The Labute approximate surface area is 189 Å². The van der Waals surface area contributed by atoms with Crippen molar-refractivity contribution in [2.75, 3.05) is 0 Å². The quantitative estimate of drug-likeness (QED) is 0.488. The van der Waals surface area contributed by atoms with Gasteiger partial charge >= 0.3 is 103 Å². The van der Waals surface area contributed by atoms with Gasteiger partial charge in [0.05, 0.1) is 5.52 Å². The Morgan fingerprint density at radius 2 is 1.78 bits per heavy atom. The van der Waals surface area contributed by atoms with E-state index in [0.29, 0.717) is 0 Å². The molecule has 0 fully saturated rings. The zero-order valence-electron chi connectivity index (χ0n) is 10.5. The Morgan fingerprint density at radius 1 is 1.22 bits per heavy atom. The van der Waals surface area contributed by atoms with Crippen LogP contribution in [0.4, 0.5) is 4.79 Å². The zero-order chi connectivity index (χ0) is 12.1. The van der Waals surface area contributed by atoms with Gasteiger partial charge in [-0.3, -0.25) is 4.98 Å². The second kappa shape index (κ2) is 10.7. The Kier molecular flexibility index (Phi) is 12.7. The predicted octanol–water partition coefficient (Wildman–Crippen LogP) is -6.19. The number of rotatable bonds is 0. The van der Waals surface area contributed by atoms with Gasteiger partial charge in [-0.05, 0) is 42.9 Å². The molecule has 18 heavy (non-hydrogen) atoms. The van der Waals surface area contributed by atoms with Crippen molar-refractivity contribution in [2.24, 2.45) is 0 Å². The molecule has 0 bridgehead atoms. The van der Waals surface area contributed by atoms with Gasteiger partial charge in [0.15, 0.2) is 0 Å². The molecular formula is C11H9K2NO4. The number of pyridine rings is 1. The molecule has 0 atom stereocenters. The van der Waals surface area contributed by atoms with E-state index in [9.17, 15) is 5.11 Å². The van der Waals surface area contributed by atoms with Crippen LogP contribution in [-0.4, -0.2) is 16.2 Å². The third-order valence-corrected chi connectivity index (χ3v) is 1.80. The van der Waals surface area contributed by atoms with Crippen molar-refractivity contribution >= 4 is 17.1 Å². The summed E-state index contributed by atoms with van der Waals surface area (Å²) in [4.78, 5) is 12.5. The minimum Gasteiger partial charge on any atom is -0.652 e. The van der Waals surface area contributed by atoms with Crippen LogP contribution in [0, 0.1) is 6.92 Å². The van der Waals surface area contributed by atoms with Gasteiger partial charge < -0.3 is 20.1 Å². The van der Waals surface area contributed by atoms with Crippen molar-refractivity contribution in [1.29, 1.82) is 0 Å². The van der Waals surface area contributed by atoms with Gasteiger partial charge in [0.25, 0.3) is 0 Å². The monoisotopic (exact) mass is 297 g/mol. The number of fused-ring (bicyclic) bond motifs is 1. The summed E-state index contributed by atoms with van der Waals surface area (Å²) >= 11 is 0. The van der Waals surface area contributed by atoms with E-state index in [0.717, 1.165) is 16.5 Å². The normalized spacial score (nSPS) is 8.28. The van der Waals surface area contributed by atoms with Gasteiger partial charge in [0, 0.05) is 11.6 Å². The van der Waals surface area contributed by atoms with Crippen LogP contribution in [0.2, 0.25) is 0 Å². The van der Waals surface area contributed by atoms with E-state index >= 15 is 0 Å². The van der Waals surface area contributed by atoms with Crippen LogP contribution in [0.3, 0.4) is 0 Å². The first-order valence-corrected chi connectivity index (χ1v) is 4.42. The molecule has 1 heterocycles. The molecule has 2 rings (SSSR count). The number of phenols is 1. The summed E-state index contributed by atoms with van der Waals surface area (Å²) in [6.45, 7) is 1.98. The molecular weight excluding hydrogens is 288 g/mol. The van der Waals surface area contributed by atoms with Gasteiger partial charge in [-0.1, -0.05) is 0 Å². The molecule has 1 N–H and O–H groups in total. The first kappa shape index (κ1) is 21.3. The van der Waals surface area contributed by atoms with Crippen LogP contribution in [0.1, 0.15) is 5.56 Å². The van der Waals surface area contributed by atoms with Gasteiger partial charge in [0.2, 0.25) is 0 Å². The Balaban J connectivity index is 0. The zero-order valence-corrected chi connectivity index (χ0v) is 16.8. The number of hydrogen-bond donors (Lipinski definition) is 1. The van der Waals surface area contributed by atoms with Crippen molar-refractivity contribution in [3.63, 3.8) is 0 Å². The number of carbonyl (C=O) groups excluding carboxylic acids is 1. The molecule has 7 heteroatoms. The molecule has 0 saturated carbocycles. The van der Waals surface area contributed by atoms with E-state index in [-0.39, 0.29) is 109 Å². The number of benzene rings is 1. The molecule has 0 aliphatic heterocycles. The number of nitrogens with zero attached hydrogens (tertiary/aromatic N) is 1. The number of phenolic OH excluding ortho intramolecular Hbond substituents is 1. The summed E-state index contributed by atoms with van der Waals surface area (Å²) in [5, 5.41) is 26.8. The van der Waals surface area contributed by atoms with Gasteiger partial charge in [0.1, 0.15) is 5.75 Å². The van der Waals surface area contributed by atoms with E-state index in [4.69, 9.17) is 15.0 Å². The number of aryl methyl sites for hydroxylation is 1. The van der Waals surface area contributed by atoms with Crippen LogP contribution in [0.5, 0.6) is 5.75 Å². The molecule has 84 valence electrons. The fourth-order valence-corrected chi connectivity index (χ4v) is 1.23. The molecule has 1 aromatic heterocycles. The number of aromatic nitrogens is 1. The van der Waals surface area contributed by atoms with Crippen molar-refractivity contribution in [2.45, 2.75) is 6.92 Å². The van der Waals surface area contributed by atoms with Gasteiger partial charge in [-0.2, -0.15) is 0 Å². The fraction of sp³-hybridized carbons (Fsp3) is 0.0909. The molecule has 0 unspecified atom stereocenters. The van der Waals surface area contributed by atoms with E-state index in [2.05, 4.69) is 4.98 Å². The smallest absolute Gasteiger partial charge is 0.652 e. The van der Waals surface area contributed by atoms with Crippen LogP contribution in [0.15, 0.2) is 30.5 Å². The van der Waals surface area contributed by atoms with Crippen LogP contribution < -0.4 is 113 Å². The second-order valence-corrected chi connectivity index (χ2v) is 3.14. The molecule has 0 radical (unpaired) electrons. The Morgan fingerprint density at radius 3 is 2.33 bits per heavy atom. The molecule has 0 aliphatic carbocycles. The molecule has 5 nitrogen and oxygen atoms in total. The molecule has 2 aromatic rings. The second-order valence-electron chi connectivity index (χ2n) is 3.14. The number of carboxylic acid groups (broad SMARTS) is 2. The SMILES string of the molecule is Cc1cnc2ccc(O)cc2c1.O=C([O-])[O-].[K+].[K+]. The largest absolute Gasteiger partial charge is 1.00 e. The van der Waals surface area contributed by atoms with Crippen molar-refractivity contribution in [3.05, 3.63) is 36.0 Å². The summed E-state index contributed by atoms with van der Waals surface area (Å²) in [6, 6.07) is 7.17. The topological polar surface area (TPSA) is 96.3 Å². The Bertz CT molecular complexity index is 479. The van der Waals surface area contributed by atoms with E-state index < -0.39 is 6.16 Å². The summed E-state index contributed by atoms with van der Waals surface area (Å²) in [6.07, 6.45) is -0.515. The summed E-state index contributed by atoms with van der Waals surface area (Å²) in [5.41, 5.74) is 2.02. The first-order valence-electron chi connectivity index (χ1n) is 4.42. The summed E-state index contributed by atoms with van der Waals surface area (Å²) in [5.74, 6) is 0.287. The average Bonchev–Trinajstić information content (AvgIpc) is 2.15. The van der Waals surface area contributed by atoms with Crippen molar-refractivity contribution < 1.29 is 123 Å². The maximum absolute atomic E-state index is 9.19. The minimum absolute atomic E-state index is 0. The minimum atomic E-state index is -2.33. The standard InChI is InChI=1S/C10H9NO.CH2O3.2K/c1-7-4-8-5-9(12)2-3-10(8)11-6-7;2-1(3)4;;/h2-6,12H,1H3;(H2,2,3,4);;/q;;2*+1/p-2. The predicted molar refractivity (Wildman–Crippen MR) is 53.5 cm³/mol. The molecule has 0 aliphatic rings. The fourth-order valence-electron chi connectivity index (χ4n) is 1.23. The van der Waals surface area contributed by atoms with E-state index in [1.165, 1.54) is 0 Å². The average molecular weight is 297 g/mol. The van der Waals surface area contributed by atoms with Crippen molar-refractivity contribution in [1.82, 2.24) is 4.98 Å². The van der Waals surface area contributed by atoms with E-state index in [1.807, 2.05) is 25.3 Å². The summed E-state index contributed by atoms with van der Waals surface area (Å²) < 4.78 is 0. The van der Waals surface area contributed by atoms with E-state index in [1.54, 1.807) is 12.1 Å². The molecule has 0 amide bonds. The molecule has 0 saturated heterocycles.